The Morgan fingerprint density at radius 3 is 2.88 bits per heavy atom. The Balaban J connectivity index is 2.06. The van der Waals surface area contributed by atoms with Crippen molar-refractivity contribution in [2.24, 2.45) is 5.10 Å². The fourth-order valence-electron chi connectivity index (χ4n) is 1.08. The highest BCUT2D eigenvalue weighted by Crippen LogP contribution is 2.14. The van der Waals surface area contributed by atoms with E-state index in [-0.39, 0.29) is 4.21 Å². The number of pyridine rings is 1. The van der Waals surface area contributed by atoms with Crippen LogP contribution in [0.15, 0.2) is 51.3 Å². The van der Waals surface area contributed by atoms with E-state index < -0.39 is 10.0 Å². The Hall–Kier alpha value is -1.73. The van der Waals surface area contributed by atoms with Gasteiger partial charge in [0.25, 0.3) is 10.0 Å². The van der Waals surface area contributed by atoms with Crippen molar-refractivity contribution in [3.8, 4) is 0 Å². The van der Waals surface area contributed by atoms with Crippen molar-refractivity contribution in [2.45, 2.75) is 4.21 Å². The van der Waals surface area contributed by atoms with Gasteiger partial charge < -0.3 is 0 Å². The molecule has 17 heavy (non-hydrogen) atoms. The maximum absolute atomic E-state index is 11.7. The summed E-state index contributed by atoms with van der Waals surface area (Å²) in [7, 11) is -3.54. The number of thiophene rings is 1. The number of hydrogen-bond acceptors (Lipinski definition) is 5. The third kappa shape index (κ3) is 3.11. The number of nitrogens with one attached hydrogen (secondary N) is 1. The van der Waals surface area contributed by atoms with Gasteiger partial charge in [-0.1, -0.05) is 12.1 Å². The van der Waals surface area contributed by atoms with E-state index in [0.29, 0.717) is 0 Å². The van der Waals surface area contributed by atoms with Crippen LogP contribution < -0.4 is 4.83 Å². The molecule has 0 aliphatic carbocycles. The molecular formula is C10H9N3O2S2. The zero-order chi connectivity index (χ0) is 12.1. The Bertz CT molecular complexity index is 592. The minimum absolute atomic E-state index is 0.237. The molecule has 0 aromatic carbocycles. The van der Waals surface area contributed by atoms with Crippen LogP contribution in [-0.2, 0) is 10.0 Å². The van der Waals surface area contributed by atoms with Crippen LogP contribution in [0.4, 0.5) is 0 Å². The highest BCUT2D eigenvalue weighted by Gasteiger charge is 2.12. The number of hydrogen-bond donors (Lipinski definition) is 1. The standard InChI is InChI=1S/C10H9N3O2S2/c14-17(15,10-4-2-6-16-10)13-12-8-9-3-1-5-11-7-9/h1-8,13H/b12-8+. The van der Waals surface area contributed by atoms with Crippen LogP contribution in [0, 0.1) is 0 Å². The topological polar surface area (TPSA) is 71.4 Å². The third-order valence-electron chi connectivity index (χ3n) is 1.83. The van der Waals surface area contributed by atoms with Crippen molar-refractivity contribution >= 4 is 27.6 Å². The van der Waals surface area contributed by atoms with E-state index in [1.165, 1.54) is 12.3 Å². The predicted octanol–water partition coefficient (Wildman–Crippen LogP) is 1.46. The molecule has 2 rings (SSSR count). The Morgan fingerprint density at radius 2 is 2.24 bits per heavy atom. The van der Waals surface area contributed by atoms with Gasteiger partial charge in [0.1, 0.15) is 4.21 Å². The molecule has 7 heteroatoms. The molecule has 0 saturated heterocycles. The molecule has 5 nitrogen and oxygen atoms in total. The van der Waals surface area contributed by atoms with E-state index >= 15 is 0 Å². The fourth-order valence-corrected chi connectivity index (χ4v) is 2.86. The quantitative estimate of drug-likeness (QED) is 0.673. The van der Waals surface area contributed by atoms with Gasteiger partial charge in [0, 0.05) is 18.0 Å². The number of aromatic nitrogens is 1. The lowest BCUT2D eigenvalue weighted by Gasteiger charge is -1.98. The molecule has 0 amide bonds. The summed E-state index contributed by atoms with van der Waals surface area (Å²) in [5, 5.41) is 5.37. The molecule has 2 aromatic rings. The zero-order valence-corrected chi connectivity index (χ0v) is 10.3. The van der Waals surface area contributed by atoms with E-state index in [4.69, 9.17) is 0 Å². The molecule has 0 aliphatic rings. The van der Waals surface area contributed by atoms with Gasteiger partial charge in [-0.2, -0.15) is 18.4 Å². The van der Waals surface area contributed by atoms with Gasteiger partial charge in [0.2, 0.25) is 0 Å². The second kappa shape index (κ2) is 5.07. The molecular weight excluding hydrogens is 258 g/mol. The zero-order valence-electron chi connectivity index (χ0n) is 8.65. The van der Waals surface area contributed by atoms with Crippen LogP contribution >= 0.6 is 11.3 Å². The number of sulfonamides is 1. The van der Waals surface area contributed by atoms with E-state index in [1.54, 1.807) is 36.0 Å². The predicted molar refractivity (Wildman–Crippen MR) is 66.5 cm³/mol. The molecule has 0 saturated carbocycles. The van der Waals surface area contributed by atoms with Crippen LogP contribution in [0.25, 0.3) is 0 Å². The molecule has 0 fully saturated rings. The number of hydrazone groups is 1. The largest absolute Gasteiger partial charge is 0.286 e. The van der Waals surface area contributed by atoms with Crippen LogP contribution in [0.3, 0.4) is 0 Å². The van der Waals surface area contributed by atoms with Crippen molar-refractivity contribution in [3.63, 3.8) is 0 Å². The van der Waals surface area contributed by atoms with Crippen LogP contribution in [0.2, 0.25) is 0 Å². The SMILES string of the molecule is O=S(=O)(N/N=C/c1cccnc1)c1cccs1. The lowest BCUT2D eigenvalue weighted by molar-refractivity contribution is 0.587. The van der Waals surface area contributed by atoms with Gasteiger partial charge in [0.05, 0.1) is 6.21 Å². The maximum Gasteiger partial charge on any atom is 0.286 e. The Morgan fingerprint density at radius 1 is 1.35 bits per heavy atom. The first kappa shape index (κ1) is 11.7. The fraction of sp³-hybridized carbons (Fsp3) is 0. The molecule has 2 heterocycles. The number of rotatable bonds is 4. The van der Waals surface area contributed by atoms with Crippen molar-refractivity contribution in [1.82, 2.24) is 9.82 Å². The molecule has 1 N–H and O–H groups in total. The Labute approximate surface area is 103 Å². The first-order valence-corrected chi connectivity index (χ1v) is 7.03. The van der Waals surface area contributed by atoms with Crippen molar-refractivity contribution < 1.29 is 8.42 Å². The average Bonchev–Trinajstić information content (AvgIpc) is 2.84. The Kier molecular flexibility index (Phi) is 3.50. The van der Waals surface area contributed by atoms with Gasteiger partial charge in [-0.05, 0) is 17.5 Å². The second-order valence-electron chi connectivity index (χ2n) is 3.07. The van der Waals surface area contributed by atoms with E-state index in [9.17, 15) is 8.42 Å². The van der Waals surface area contributed by atoms with Gasteiger partial charge >= 0.3 is 0 Å². The molecule has 0 atom stereocenters. The highest BCUT2D eigenvalue weighted by atomic mass is 32.2. The summed E-state index contributed by atoms with van der Waals surface area (Å²) >= 11 is 1.14. The first-order chi connectivity index (χ1) is 8.18. The summed E-state index contributed by atoms with van der Waals surface area (Å²) in [5.41, 5.74) is 0.723. The van der Waals surface area contributed by atoms with Gasteiger partial charge in [-0.3, -0.25) is 4.98 Å². The van der Waals surface area contributed by atoms with Crippen LogP contribution in [-0.4, -0.2) is 19.6 Å². The lowest BCUT2D eigenvalue weighted by atomic mass is 10.3. The van der Waals surface area contributed by atoms with Gasteiger partial charge in [0.15, 0.2) is 0 Å². The molecule has 0 spiro atoms. The van der Waals surface area contributed by atoms with Crippen molar-refractivity contribution in [3.05, 3.63) is 47.6 Å². The summed E-state index contributed by atoms with van der Waals surface area (Å²) in [6, 6.07) is 6.71. The second-order valence-corrected chi connectivity index (χ2v) is 5.91. The summed E-state index contributed by atoms with van der Waals surface area (Å²) in [6.07, 6.45) is 4.62. The maximum atomic E-state index is 11.7. The van der Waals surface area contributed by atoms with E-state index in [0.717, 1.165) is 16.9 Å². The monoisotopic (exact) mass is 267 g/mol. The molecule has 0 radical (unpaired) electrons. The molecule has 2 aromatic heterocycles. The van der Waals surface area contributed by atoms with Gasteiger partial charge in [-0.25, -0.2) is 0 Å². The average molecular weight is 267 g/mol. The molecule has 0 bridgehead atoms. The number of nitrogens with zero attached hydrogens (tertiary/aromatic N) is 2. The molecule has 88 valence electrons. The van der Waals surface area contributed by atoms with Gasteiger partial charge in [-0.15, -0.1) is 11.3 Å². The minimum Gasteiger partial charge on any atom is -0.264 e. The normalized spacial score (nSPS) is 11.8. The van der Waals surface area contributed by atoms with Crippen molar-refractivity contribution in [2.75, 3.05) is 0 Å². The first-order valence-electron chi connectivity index (χ1n) is 4.67. The lowest BCUT2D eigenvalue weighted by Crippen LogP contribution is -2.17. The van der Waals surface area contributed by atoms with E-state index in [2.05, 4.69) is 14.9 Å². The molecule has 0 aliphatic heterocycles. The minimum atomic E-state index is -3.54. The van der Waals surface area contributed by atoms with Crippen molar-refractivity contribution in [1.29, 1.82) is 0 Å². The van der Waals surface area contributed by atoms with Crippen LogP contribution in [0.1, 0.15) is 5.56 Å². The summed E-state index contributed by atoms with van der Waals surface area (Å²) < 4.78 is 23.5. The summed E-state index contributed by atoms with van der Waals surface area (Å²) in [5.74, 6) is 0. The molecule has 0 unspecified atom stereocenters. The third-order valence-corrected chi connectivity index (χ3v) is 4.45. The van der Waals surface area contributed by atoms with E-state index in [1.807, 2.05) is 0 Å². The smallest absolute Gasteiger partial charge is 0.264 e. The summed E-state index contributed by atoms with van der Waals surface area (Å²) in [6.45, 7) is 0. The summed E-state index contributed by atoms with van der Waals surface area (Å²) in [4.78, 5) is 6.02. The highest BCUT2D eigenvalue weighted by molar-refractivity contribution is 7.91. The van der Waals surface area contributed by atoms with Crippen LogP contribution in [0.5, 0.6) is 0 Å².